The van der Waals surface area contributed by atoms with Crippen LogP contribution in [-0.2, 0) is 4.79 Å². The molecule has 0 aromatic heterocycles. The number of aliphatic carboxylic acids is 1. The molecule has 0 N–H and O–H groups in total. The Morgan fingerprint density at radius 3 is 1.28 bits per heavy atom. The molecule has 0 unspecified atom stereocenters. The van der Waals surface area contributed by atoms with Crippen LogP contribution in [0.1, 0.15) is 0 Å². The van der Waals surface area contributed by atoms with Crippen LogP contribution in [0.4, 0.5) is 39.5 Å². The number of carboxylic acid groups (broad SMARTS) is 1. The van der Waals surface area contributed by atoms with Crippen LogP contribution in [0, 0.1) is 0 Å². The summed E-state index contributed by atoms with van der Waals surface area (Å²) in [4.78, 5) is 9.56. The van der Waals surface area contributed by atoms with Gasteiger partial charge < -0.3 is 9.90 Å². The van der Waals surface area contributed by atoms with E-state index in [1.165, 1.54) is 0 Å². The maximum absolute atomic E-state index is 12.6. The Kier molecular flexibility index (Phi) is 6.30. The monoisotopic (exact) mass is 298 g/mol. The van der Waals surface area contributed by atoms with E-state index >= 15 is 0 Å². The Labute approximate surface area is 115 Å². The van der Waals surface area contributed by atoms with Crippen molar-refractivity contribution in [2.24, 2.45) is 0 Å². The van der Waals surface area contributed by atoms with Gasteiger partial charge in [0.25, 0.3) is 0 Å². The number of halogens is 9. The van der Waals surface area contributed by atoms with E-state index in [2.05, 4.69) is 0 Å². The third-order valence-electron chi connectivity index (χ3n) is 1.46. The van der Waals surface area contributed by atoms with Gasteiger partial charge in [0.1, 0.15) is 5.97 Å². The average Bonchev–Trinajstić information content (AvgIpc) is 2.10. The zero-order chi connectivity index (χ0) is 14.2. The quantitative estimate of drug-likeness (QED) is 0.362. The van der Waals surface area contributed by atoms with Crippen LogP contribution in [0.15, 0.2) is 11.7 Å². The van der Waals surface area contributed by atoms with Crippen LogP contribution in [0.2, 0.25) is 0 Å². The first-order valence-electron chi connectivity index (χ1n) is 3.36. The van der Waals surface area contributed by atoms with E-state index in [9.17, 15) is 49.4 Å². The van der Waals surface area contributed by atoms with Gasteiger partial charge in [0.05, 0.1) is 0 Å². The van der Waals surface area contributed by atoms with E-state index in [0.717, 1.165) is 0 Å². The van der Waals surface area contributed by atoms with Gasteiger partial charge in [-0.05, 0) is 0 Å². The van der Waals surface area contributed by atoms with E-state index in [0.29, 0.717) is 0 Å². The van der Waals surface area contributed by atoms with Crippen molar-refractivity contribution < 1.29 is 79.0 Å². The molecule has 0 aliphatic rings. The fourth-order valence-electron chi connectivity index (χ4n) is 0.650. The summed E-state index contributed by atoms with van der Waals surface area (Å²) >= 11 is 0. The molecule has 0 bridgehead atoms. The molecule has 0 fully saturated rings. The molecule has 0 radical (unpaired) electrons. The Bertz CT molecular complexity index is 341. The summed E-state index contributed by atoms with van der Waals surface area (Å²) in [5.74, 6) is -11.1. The first-order valence-corrected chi connectivity index (χ1v) is 3.36. The minimum absolute atomic E-state index is 0. The second kappa shape index (κ2) is 5.70. The fourth-order valence-corrected chi connectivity index (χ4v) is 0.650. The molecule has 0 aliphatic carbocycles. The second-order valence-corrected chi connectivity index (χ2v) is 2.57. The van der Waals surface area contributed by atoms with E-state index in [-0.39, 0.29) is 29.6 Å². The van der Waals surface area contributed by atoms with Crippen molar-refractivity contribution in [3.63, 3.8) is 0 Å². The largest absolute Gasteiger partial charge is 1.00 e. The van der Waals surface area contributed by atoms with Crippen molar-refractivity contribution >= 4 is 5.97 Å². The van der Waals surface area contributed by atoms with Crippen LogP contribution in [0.25, 0.3) is 0 Å². The summed E-state index contributed by atoms with van der Waals surface area (Å²) in [5, 5.41) is 9.56. The van der Waals surface area contributed by atoms with Crippen molar-refractivity contribution in [3.8, 4) is 0 Å². The van der Waals surface area contributed by atoms with Gasteiger partial charge in [0, 0.05) is 0 Å². The molecule has 0 aromatic rings. The maximum Gasteiger partial charge on any atom is 1.00 e. The van der Waals surface area contributed by atoms with E-state index in [1.54, 1.807) is 0 Å². The Morgan fingerprint density at radius 1 is 0.833 bits per heavy atom. The molecule has 0 aromatic carbocycles. The van der Waals surface area contributed by atoms with Gasteiger partial charge >= 0.3 is 47.6 Å². The number of carbonyl (C=O) groups excluding carboxylic acids is 1. The summed E-state index contributed by atoms with van der Waals surface area (Å²) in [7, 11) is 0. The number of alkyl halides is 7. The van der Waals surface area contributed by atoms with Crippen LogP contribution in [0.3, 0.4) is 0 Å². The topological polar surface area (TPSA) is 40.1 Å². The van der Waals surface area contributed by atoms with E-state index in [4.69, 9.17) is 0 Å². The van der Waals surface area contributed by atoms with Crippen molar-refractivity contribution in [2.75, 3.05) is 0 Å². The van der Waals surface area contributed by atoms with Crippen molar-refractivity contribution in [1.82, 2.24) is 0 Å². The average molecular weight is 298 g/mol. The molecule has 2 nitrogen and oxygen atoms in total. The predicted octanol–water partition coefficient (Wildman–Crippen LogP) is -1.28. The standard InChI is InChI=1S/C6HF9O2.Na/c7-1(3(16)17)2(8)4(9,5(10,11)12)6(13,14)15;/h(H,16,17);/q;+1/p-1/b2-1+;. The summed E-state index contributed by atoms with van der Waals surface area (Å²) in [6, 6.07) is 0. The van der Waals surface area contributed by atoms with Gasteiger partial charge in [0.15, 0.2) is 11.7 Å². The SMILES string of the molecule is O=C([O-])/C(F)=C(\F)C(F)(C(F)(F)F)C(F)(F)F.[Na+]. The van der Waals surface area contributed by atoms with Gasteiger partial charge in [-0.25, -0.2) is 13.2 Å². The Morgan fingerprint density at radius 2 is 1.11 bits per heavy atom. The molecule has 0 saturated heterocycles. The van der Waals surface area contributed by atoms with E-state index < -0.39 is 35.6 Å². The zero-order valence-corrected chi connectivity index (χ0v) is 10.2. The maximum atomic E-state index is 12.6. The second-order valence-electron chi connectivity index (χ2n) is 2.57. The molecule has 100 valence electrons. The fraction of sp³-hybridized carbons (Fsp3) is 0.500. The number of allylic oxidation sites excluding steroid dienone is 1. The minimum atomic E-state index is -6.93. The first-order chi connectivity index (χ1) is 7.26. The van der Waals surface area contributed by atoms with Gasteiger partial charge in [-0.1, -0.05) is 0 Å². The van der Waals surface area contributed by atoms with E-state index in [1.807, 2.05) is 0 Å². The van der Waals surface area contributed by atoms with Crippen molar-refractivity contribution in [2.45, 2.75) is 18.0 Å². The summed E-state index contributed by atoms with van der Waals surface area (Å²) < 4.78 is 107. The number of hydrogen-bond acceptors (Lipinski definition) is 2. The molecule has 0 spiro atoms. The molecule has 0 aliphatic heterocycles. The number of carbonyl (C=O) groups is 1. The predicted molar refractivity (Wildman–Crippen MR) is 30.2 cm³/mol. The smallest absolute Gasteiger partial charge is 0.542 e. The molecule has 12 heteroatoms. The number of hydrogen-bond donors (Lipinski definition) is 0. The minimum Gasteiger partial charge on any atom is -0.542 e. The van der Waals surface area contributed by atoms with Crippen LogP contribution in [0.5, 0.6) is 0 Å². The molecule has 0 heterocycles. The van der Waals surface area contributed by atoms with Gasteiger partial charge in [-0.2, -0.15) is 26.3 Å². The normalized spacial score (nSPS) is 14.7. The zero-order valence-electron chi connectivity index (χ0n) is 8.22. The third-order valence-corrected chi connectivity index (χ3v) is 1.46. The van der Waals surface area contributed by atoms with Crippen molar-refractivity contribution in [3.05, 3.63) is 11.7 Å². The van der Waals surface area contributed by atoms with Gasteiger partial charge in [-0.15, -0.1) is 0 Å². The summed E-state index contributed by atoms with van der Waals surface area (Å²) in [6.07, 6.45) is -13.9. The van der Waals surface area contributed by atoms with Crippen molar-refractivity contribution in [1.29, 1.82) is 0 Å². The molecule has 0 rings (SSSR count). The number of rotatable bonds is 2. The first kappa shape index (κ1) is 19.9. The Balaban J connectivity index is 0. The molecule has 0 saturated carbocycles. The van der Waals surface area contributed by atoms with Crippen LogP contribution >= 0.6 is 0 Å². The summed E-state index contributed by atoms with van der Waals surface area (Å²) in [5.41, 5.74) is -6.75. The molecular weight excluding hydrogens is 298 g/mol. The Hall–Kier alpha value is -0.420. The molecule has 0 atom stereocenters. The third kappa shape index (κ3) is 3.32. The van der Waals surface area contributed by atoms with Crippen LogP contribution < -0.4 is 34.7 Å². The molecule has 18 heavy (non-hydrogen) atoms. The van der Waals surface area contributed by atoms with Gasteiger partial charge in [0.2, 0.25) is 0 Å². The number of carboxylic acids is 1. The summed E-state index contributed by atoms with van der Waals surface area (Å²) in [6.45, 7) is 0. The molecular formula is C6F9NaO2. The van der Waals surface area contributed by atoms with Gasteiger partial charge in [-0.3, -0.25) is 0 Å². The molecule has 0 amide bonds. The van der Waals surface area contributed by atoms with Crippen LogP contribution in [-0.4, -0.2) is 24.0 Å².